The number of hydrogen-bond acceptors (Lipinski definition) is 3. The van der Waals surface area contributed by atoms with Crippen LogP contribution >= 0.6 is 23.2 Å². The standard InChI is InChI=1S/C14H8Cl2O3/c15-11-2-1-8(3-12(11)16)10-5-14-13(18-7-19-14)4-9(10)6-17/h1-6H,7H2. The van der Waals surface area contributed by atoms with E-state index in [1.54, 1.807) is 30.3 Å². The van der Waals surface area contributed by atoms with Crippen LogP contribution in [-0.4, -0.2) is 13.1 Å². The summed E-state index contributed by atoms with van der Waals surface area (Å²) >= 11 is 11.9. The van der Waals surface area contributed by atoms with Crippen LogP contribution in [0.2, 0.25) is 10.0 Å². The van der Waals surface area contributed by atoms with Gasteiger partial charge in [-0.3, -0.25) is 4.79 Å². The van der Waals surface area contributed by atoms with Crippen molar-refractivity contribution in [3.63, 3.8) is 0 Å². The van der Waals surface area contributed by atoms with Crippen molar-refractivity contribution in [1.29, 1.82) is 0 Å². The Morgan fingerprint density at radius 3 is 2.42 bits per heavy atom. The van der Waals surface area contributed by atoms with E-state index < -0.39 is 0 Å². The third-order valence-corrected chi connectivity index (χ3v) is 3.64. The zero-order valence-electron chi connectivity index (χ0n) is 9.65. The smallest absolute Gasteiger partial charge is 0.231 e. The summed E-state index contributed by atoms with van der Waals surface area (Å²) < 4.78 is 10.6. The average molecular weight is 295 g/mol. The highest BCUT2D eigenvalue weighted by atomic mass is 35.5. The third-order valence-electron chi connectivity index (χ3n) is 2.90. The Morgan fingerprint density at radius 1 is 1.00 bits per heavy atom. The molecule has 1 aliphatic rings. The van der Waals surface area contributed by atoms with Crippen LogP contribution in [0, 0.1) is 0 Å². The minimum absolute atomic E-state index is 0.165. The van der Waals surface area contributed by atoms with Crippen molar-refractivity contribution < 1.29 is 14.3 Å². The normalized spacial score (nSPS) is 12.5. The molecule has 2 aromatic carbocycles. The molecule has 0 spiro atoms. The third kappa shape index (κ3) is 2.15. The summed E-state index contributed by atoms with van der Waals surface area (Å²) in [5.41, 5.74) is 2.05. The highest BCUT2D eigenvalue weighted by molar-refractivity contribution is 6.42. The van der Waals surface area contributed by atoms with E-state index in [0.717, 1.165) is 17.4 Å². The van der Waals surface area contributed by atoms with Gasteiger partial charge in [-0.15, -0.1) is 0 Å². The summed E-state index contributed by atoms with van der Waals surface area (Å²) in [6.45, 7) is 0.165. The van der Waals surface area contributed by atoms with Crippen LogP contribution in [0.3, 0.4) is 0 Å². The molecule has 0 bridgehead atoms. The summed E-state index contributed by atoms with van der Waals surface area (Å²) in [7, 11) is 0. The van der Waals surface area contributed by atoms with Crippen molar-refractivity contribution in [2.75, 3.05) is 6.79 Å². The predicted molar refractivity (Wildman–Crippen MR) is 73.4 cm³/mol. The van der Waals surface area contributed by atoms with Gasteiger partial charge in [-0.05, 0) is 35.4 Å². The molecular formula is C14H8Cl2O3. The lowest BCUT2D eigenvalue weighted by Crippen LogP contribution is -1.92. The summed E-state index contributed by atoms with van der Waals surface area (Å²) in [4.78, 5) is 11.2. The molecule has 0 amide bonds. The Bertz CT molecular complexity index is 668. The fraction of sp³-hybridized carbons (Fsp3) is 0.0714. The van der Waals surface area contributed by atoms with E-state index in [9.17, 15) is 4.79 Å². The molecule has 0 aliphatic carbocycles. The molecule has 1 aliphatic heterocycles. The predicted octanol–water partition coefficient (Wildman–Crippen LogP) is 4.20. The van der Waals surface area contributed by atoms with Crippen molar-refractivity contribution >= 4 is 29.5 Å². The molecular weight excluding hydrogens is 287 g/mol. The minimum atomic E-state index is 0.165. The zero-order chi connectivity index (χ0) is 13.4. The molecule has 0 N–H and O–H groups in total. The van der Waals surface area contributed by atoms with Crippen molar-refractivity contribution in [2.24, 2.45) is 0 Å². The summed E-state index contributed by atoms with van der Waals surface area (Å²) in [6, 6.07) is 8.64. The van der Waals surface area contributed by atoms with E-state index in [4.69, 9.17) is 32.7 Å². The molecule has 2 aromatic rings. The molecule has 1 heterocycles. The SMILES string of the molecule is O=Cc1cc2c(cc1-c1ccc(Cl)c(Cl)c1)OCO2. The number of ether oxygens (including phenoxy) is 2. The van der Waals surface area contributed by atoms with E-state index in [2.05, 4.69) is 0 Å². The van der Waals surface area contributed by atoms with Crippen LogP contribution in [-0.2, 0) is 0 Å². The number of hydrogen-bond donors (Lipinski definition) is 0. The van der Waals surface area contributed by atoms with Crippen LogP contribution in [0.15, 0.2) is 30.3 Å². The number of carbonyl (C=O) groups excluding carboxylic acids is 1. The molecule has 0 atom stereocenters. The first-order chi connectivity index (χ1) is 9.19. The Labute approximate surface area is 119 Å². The van der Waals surface area contributed by atoms with Crippen LogP contribution in [0.1, 0.15) is 10.4 Å². The minimum Gasteiger partial charge on any atom is -0.454 e. The maximum Gasteiger partial charge on any atom is 0.231 e. The lowest BCUT2D eigenvalue weighted by molar-refractivity contribution is 0.112. The van der Waals surface area contributed by atoms with Gasteiger partial charge in [-0.2, -0.15) is 0 Å². The van der Waals surface area contributed by atoms with Gasteiger partial charge in [0.25, 0.3) is 0 Å². The van der Waals surface area contributed by atoms with Gasteiger partial charge in [0.2, 0.25) is 6.79 Å². The molecule has 3 nitrogen and oxygen atoms in total. The fourth-order valence-electron chi connectivity index (χ4n) is 1.97. The van der Waals surface area contributed by atoms with Crippen molar-refractivity contribution in [1.82, 2.24) is 0 Å². The van der Waals surface area contributed by atoms with E-state index >= 15 is 0 Å². The molecule has 0 aromatic heterocycles. The molecule has 0 saturated carbocycles. The molecule has 0 radical (unpaired) electrons. The number of fused-ring (bicyclic) bond motifs is 1. The Balaban J connectivity index is 2.18. The molecule has 19 heavy (non-hydrogen) atoms. The first-order valence-corrected chi connectivity index (χ1v) is 6.29. The second-order valence-corrected chi connectivity index (χ2v) is 4.85. The highest BCUT2D eigenvalue weighted by Crippen LogP contribution is 2.39. The number of aldehydes is 1. The fourth-order valence-corrected chi connectivity index (χ4v) is 2.27. The van der Waals surface area contributed by atoms with E-state index in [0.29, 0.717) is 27.1 Å². The van der Waals surface area contributed by atoms with Gasteiger partial charge in [0.1, 0.15) is 0 Å². The monoisotopic (exact) mass is 294 g/mol. The maximum absolute atomic E-state index is 11.2. The van der Waals surface area contributed by atoms with Crippen LogP contribution in [0.5, 0.6) is 11.5 Å². The largest absolute Gasteiger partial charge is 0.454 e. The van der Waals surface area contributed by atoms with Gasteiger partial charge >= 0.3 is 0 Å². The number of carbonyl (C=O) groups is 1. The van der Waals surface area contributed by atoms with Crippen LogP contribution in [0.25, 0.3) is 11.1 Å². The summed E-state index contributed by atoms with van der Waals surface area (Å²) in [5, 5.41) is 0.910. The van der Waals surface area contributed by atoms with Crippen molar-refractivity contribution in [3.8, 4) is 22.6 Å². The van der Waals surface area contributed by atoms with Gasteiger partial charge < -0.3 is 9.47 Å². The van der Waals surface area contributed by atoms with Crippen LogP contribution < -0.4 is 9.47 Å². The topological polar surface area (TPSA) is 35.5 Å². The molecule has 5 heteroatoms. The summed E-state index contributed by atoms with van der Waals surface area (Å²) in [5.74, 6) is 1.19. The molecule has 96 valence electrons. The molecule has 0 fully saturated rings. The lowest BCUT2D eigenvalue weighted by Gasteiger charge is -2.08. The zero-order valence-corrected chi connectivity index (χ0v) is 11.2. The Morgan fingerprint density at radius 2 is 1.74 bits per heavy atom. The number of halogens is 2. The maximum atomic E-state index is 11.2. The first-order valence-electron chi connectivity index (χ1n) is 5.53. The number of benzene rings is 2. The number of rotatable bonds is 2. The first kappa shape index (κ1) is 12.3. The van der Waals surface area contributed by atoms with Crippen molar-refractivity contribution in [3.05, 3.63) is 45.9 Å². The Hall–Kier alpha value is -1.71. The summed E-state index contributed by atoms with van der Waals surface area (Å²) in [6.07, 6.45) is 0.778. The highest BCUT2D eigenvalue weighted by Gasteiger charge is 2.18. The van der Waals surface area contributed by atoms with Gasteiger partial charge in [0, 0.05) is 5.56 Å². The van der Waals surface area contributed by atoms with Crippen LogP contribution in [0.4, 0.5) is 0 Å². The Kier molecular flexibility index (Phi) is 3.09. The molecule has 0 saturated heterocycles. The van der Waals surface area contributed by atoms with Gasteiger partial charge in [0.05, 0.1) is 10.0 Å². The van der Waals surface area contributed by atoms with E-state index in [-0.39, 0.29) is 6.79 Å². The molecule has 0 unspecified atom stereocenters. The van der Waals surface area contributed by atoms with E-state index in [1.807, 2.05) is 0 Å². The second-order valence-electron chi connectivity index (χ2n) is 4.04. The average Bonchev–Trinajstić information content (AvgIpc) is 2.87. The van der Waals surface area contributed by atoms with Crippen molar-refractivity contribution in [2.45, 2.75) is 0 Å². The van der Waals surface area contributed by atoms with Gasteiger partial charge in [-0.1, -0.05) is 29.3 Å². The van der Waals surface area contributed by atoms with Gasteiger partial charge in [-0.25, -0.2) is 0 Å². The van der Waals surface area contributed by atoms with E-state index in [1.165, 1.54) is 0 Å². The lowest BCUT2D eigenvalue weighted by atomic mass is 9.99. The second kappa shape index (κ2) is 4.76. The van der Waals surface area contributed by atoms with Gasteiger partial charge in [0.15, 0.2) is 17.8 Å². The molecule has 3 rings (SSSR count). The quantitative estimate of drug-likeness (QED) is 0.779.